The van der Waals surface area contributed by atoms with Crippen molar-refractivity contribution >= 4 is 45.5 Å². The van der Waals surface area contributed by atoms with Crippen molar-refractivity contribution in [2.24, 2.45) is 0 Å². The maximum absolute atomic E-state index is 12.8. The van der Waals surface area contributed by atoms with Crippen molar-refractivity contribution in [2.75, 3.05) is 11.1 Å². The van der Waals surface area contributed by atoms with Gasteiger partial charge in [-0.3, -0.25) is 9.59 Å². The molecule has 0 amide bonds. The van der Waals surface area contributed by atoms with Crippen LogP contribution in [0.2, 0.25) is 0 Å². The van der Waals surface area contributed by atoms with Crippen molar-refractivity contribution in [2.45, 2.75) is 17.4 Å². The van der Waals surface area contributed by atoms with Gasteiger partial charge >= 0.3 is 0 Å². The molecule has 1 atom stereocenters. The summed E-state index contributed by atoms with van der Waals surface area (Å²) >= 11 is 2.25. The number of nitrogen functional groups attached to an aromatic ring is 1. The smallest absolute Gasteiger partial charge is 0.196 e. The fourth-order valence-electron chi connectivity index (χ4n) is 2.62. The van der Waals surface area contributed by atoms with Crippen LogP contribution in [0.4, 0.5) is 11.4 Å². The molecule has 1 aliphatic rings. The van der Waals surface area contributed by atoms with Crippen LogP contribution in [0.15, 0.2) is 36.4 Å². The Balaban J connectivity index is 2.22. The Kier molecular flexibility index (Phi) is 3.90. The molecule has 0 bridgehead atoms. The second-order valence-electron chi connectivity index (χ2n) is 5.18. The molecule has 1 aliphatic carbocycles. The predicted molar refractivity (Wildman–Crippen MR) is 95.9 cm³/mol. The largest absolute Gasteiger partial charge is 0.397 e. The number of carbonyl (C=O) groups excluding carboxylic acids is 2. The average molecular weight is 406 g/mol. The molecule has 2 aromatic carbocycles. The average Bonchev–Trinajstić information content (AvgIpc) is 2.54. The lowest BCUT2D eigenvalue weighted by Gasteiger charge is -2.23. The number of nitrogens with one attached hydrogen (secondary N) is 1. The van der Waals surface area contributed by atoms with Gasteiger partial charge in [0.1, 0.15) is 0 Å². The number of ketones is 2. The van der Waals surface area contributed by atoms with E-state index in [9.17, 15) is 9.59 Å². The Bertz CT molecular complexity index is 786. The molecule has 5 heteroatoms. The van der Waals surface area contributed by atoms with E-state index >= 15 is 0 Å². The SMILES string of the molecule is CCC(I)Nc1c(N)ccc2c1C(=O)c1ccccc1C2=O. The number of nitrogens with two attached hydrogens (primary N) is 1. The monoisotopic (exact) mass is 406 g/mol. The van der Waals surface area contributed by atoms with E-state index in [2.05, 4.69) is 27.9 Å². The summed E-state index contributed by atoms with van der Waals surface area (Å²) in [4.78, 5) is 25.5. The molecule has 0 saturated carbocycles. The molecule has 0 radical (unpaired) electrons. The van der Waals surface area contributed by atoms with E-state index in [1.807, 2.05) is 6.92 Å². The Morgan fingerprint density at radius 3 is 2.32 bits per heavy atom. The van der Waals surface area contributed by atoms with Gasteiger partial charge in [-0.2, -0.15) is 0 Å². The first-order valence-electron chi connectivity index (χ1n) is 7.06. The minimum atomic E-state index is -0.153. The van der Waals surface area contributed by atoms with Crippen molar-refractivity contribution in [3.63, 3.8) is 0 Å². The maximum Gasteiger partial charge on any atom is 0.196 e. The van der Waals surface area contributed by atoms with Gasteiger partial charge in [0.25, 0.3) is 0 Å². The van der Waals surface area contributed by atoms with Crippen LogP contribution in [0.5, 0.6) is 0 Å². The number of anilines is 2. The van der Waals surface area contributed by atoms with Gasteiger partial charge in [0, 0.05) is 16.7 Å². The third kappa shape index (κ3) is 2.29. The fraction of sp³-hybridized carbons (Fsp3) is 0.176. The molecule has 0 heterocycles. The predicted octanol–water partition coefficient (Wildman–Crippen LogP) is 3.63. The molecule has 3 N–H and O–H groups in total. The summed E-state index contributed by atoms with van der Waals surface area (Å²) in [6, 6.07) is 10.2. The summed E-state index contributed by atoms with van der Waals surface area (Å²) in [7, 11) is 0. The summed E-state index contributed by atoms with van der Waals surface area (Å²) in [5, 5.41) is 3.26. The molecular formula is C17H15IN2O2. The normalized spacial score (nSPS) is 14.3. The molecule has 0 spiro atoms. The van der Waals surface area contributed by atoms with Crippen LogP contribution < -0.4 is 11.1 Å². The first-order chi connectivity index (χ1) is 10.5. The molecule has 2 aromatic rings. The first kappa shape index (κ1) is 15.0. The number of carbonyl (C=O) groups is 2. The number of fused-ring (bicyclic) bond motifs is 2. The summed E-state index contributed by atoms with van der Waals surface area (Å²) in [6.45, 7) is 2.04. The molecule has 4 nitrogen and oxygen atoms in total. The van der Waals surface area contributed by atoms with Gasteiger partial charge in [0.05, 0.1) is 21.0 Å². The molecule has 112 valence electrons. The highest BCUT2D eigenvalue weighted by atomic mass is 127. The minimum absolute atomic E-state index is 0.130. The highest BCUT2D eigenvalue weighted by Gasteiger charge is 2.32. The molecule has 0 fully saturated rings. The molecule has 22 heavy (non-hydrogen) atoms. The second kappa shape index (κ2) is 5.72. The second-order valence-corrected chi connectivity index (χ2v) is 6.68. The highest BCUT2D eigenvalue weighted by Crippen LogP contribution is 2.36. The fourth-order valence-corrected chi connectivity index (χ4v) is 2.93. The van der Waals surface area contributed by atoms with Crippen LogP contribution in [-0.2, 0) is 0 Å². The standard InChI is InChI=1S/C17H15IN2O2/c1-2-13(18)20-15-12(19)8-7-11-14(15)17(22)10-6-4-3-5-9(10)16(11)21/h3-8,13,20H,2,19H2,1H3. The van der Waals surface area contributed by atoms with Crippen LogP contribution in [-0.4, -0.2) is 15.6 Å². The number of rotatable bonds is 3. The third-order valence-corrected chi connectivity index (χ3v) is 4.98. The quantitative estimate of drug-likeness (QED) is 0.302. The zero-order chi connectivity index (χ0) is 15.9. The van der Waals surface area contributed by atoms with E-state index in [0.717, 1.165) is 6.42 Å². The van der Waals surface area contributed by atoms with Crippen molar-refractivity contribution in [1.82, 2.24) is 0 Å². The zero-order valence-electron chi connectivity index (χ0n) is 12.0. The van der Waals surface area contributed by atoms with Crippen LogP contribution in [0.1, 0.15) is 45.2 Å². The highest BCUT2D eigenvalue weighted by molar-refractivity contribution is 14.1. The molecule has 0 aliphatic heterocycles. The summed E-state index contributed by atoms with van der Waals surface area (Å²) < 4.78 is 0.131. The summed E-state index contributed by atoms with van der Waals surface area (Å²) in [5.74, 6) is -0.283. The van der Waals surface area contributed by atoms with Crippen LogP contribution in [0.25, 0.3) is 0 Å². The number of alkyl halides is 1. The van der Waals surface area contributed by atoms with E-state index in [4.69, 9.17) is 5.73 Å². The Morgan fingerprint density at radius 1 is 1.05 bits per heavy atom. The first-order valence-corrected chi connectivity index (χ1v) is 8.30. The molecule has 3 rings (SSSR count). The van der Waals surface area contributed by atoms with Crippen molar-refractivity contribution in [3.05, 3.63) is 58.7 Å². The maximum atomic E-state index is 12.8. The lowest BCUT2D eigenvalue weighted by Crippen LogP contribution is -2.24. The lowest BCUT2D eigenvalue weighted by molar-refractivity contribution is 0.0979. The van der Waals surface area contributed by atoms with Gasteiger partial charge in [0.15, 0.2) is 11.6 Å². The van der Waals surface area contributed by atoms with Crippen molar-refractivity contribution in [3.8, 4) is 0 Å². The van der Waals surface area contributed by atoms with E-state index in [1.54, 1.807) is 36.4 Å². The lowest BCUT2D eigenvalue weighted by atomic mass is 9.83. The summed E-state index contributed by atoms with van der Waals surface area (Å²) in [5.41, 5.74) is 8.79. The van der Waals surface area contributed by atoms with E-state index in [1.165, 1.54) is 0 Å². The van der Waals surface area contributed by atoms with E-state index in [-0.39, 0.29) is 15.6 Å². The van der Waals surface area contributed by atoms with Gasteiger partial charge in [-0.05, 0) is 18.6 Å². The van der Waals surface area contributed by atoms with E-state index < -0.39 is 0 Å². The Morgan fingerprint density at radius 2 is 1.68 bits per heavy atom. The van der Waals surface area contributed by atoms with Gasteiger partial charge in [-0.1, -0.05) is 53.8 Å². The van der Waals surface area contributed by atoms with Crippen molar-refractivity contribution in [1.29, 1.82) is 0 Å². The number of hydrogen-bond acceptors (Lipinski definition) is 4. The molecular weight excluding hydrogens is 391 g/mol. The minimum Gasteiger partial charge on any atom is -0.397 e. The number of halogens is 1. The van der Waals surface area contributed by atoms with Crippen LogP contribution >= 0.6 is 22.6 Å². The zero-order valence-corrected chi connectivity index (χ0v) is 14.2. The Hall–Kier alpha value is -1.89. The van der Waals surface area contributed by atoms with E-state index in [0.29, 0.717) is 33.6 Å². The van der Waals surface area contributed by atoms with Crippen LogP contribution in [0, 0.1) is 0 Å². The number of hydrogen-bond donors (Lipinski definition) is 2. The van der Waals surface area contributed by atoms with Gasteiger partial charge in [0.2, 0.25) is 0 Å². The van der Waals surface area contributed by atoms with Gasteiger partial charge in [-0.25, -0.2) is 0 Å². The van der Waals surface area contributed by atoms with Crippen molar-refractivity contribution < 1.29 is 9.59 Å². The van der Waals surface area contributed by atoms with Gasteiger partial charge < -0.3 is 11.1 Å². The third-order valence-electron chi connectivity index (χ3n) is 3.78. The van der Waals surface area contributed by atoms with Crippen LogP contribution in [0.3, 0.4) is 0 Å². The molecule has 0 aromatic heterocycles. The molecule has 1 unspecified atom stereocenters. The summed E-state index contributed by atoms with van der Waals surface area (Å²) in [6.07, 6.45) is 0.877. The number of benzene rings is 2. The Labute approximate surface area is 142 Å². The topological polar surface area (TPSA) is 72.2 Å². The molecule has 0 saturated heterocycles. The van der Waals surface area contributed by atoms with Gasteiger partial charge in [-0.15, -0.1) is 0 Å².